The van der Waals surface area contributed by atoms with Crippen molar-refractivity contribution >= 4 is 11.8 Å². The average molecular weight is 338 g/mol. The summed E-state index contributed by atoms with van der Waals surface area (Å²) in [6.07, 6.45) is 2.72. The van der Waals surface area contributed by atoms with Crippen LogP contribution in [0, 0.1) is 11.8 Å². The summed E-state index contributed by atoms with van der Waals surface area (Å²) >= 11 is 0. The van der Waals surface area contributed by atoms with Crippen LogP contribution in [0.15, 0.2) is 0 Å². The fraction of sp³-hybridized carbons (Fsp3) is 0.889. The van der Waals surface area contributed by atoms with Gasteiger partial charge in [0.15, 0.2) is 0 Å². The number of hydrogen-bond acceptors (Lipinski definition) is 4. The maximum atomic E-state index is 12.5. The zero-order chi connectivity index (χ0) is 17.5. The lowest BCUT2D eigenvalue weighted by Crippen LogP contribution is -2.53. The third kappa shape index (κ3) is 5.74. The molecule has 0 aliphatic carbocycles. The van der Waals surface area contributed by atoms with E-state index in [4.69, 9.17) is 0 Å². The monoisotopic (exact) mass is 338 g/mol. The van der Waals surface area contributed by atoms with Crippen molar-refractivity contribution in [3.8, 4) is 0 Å². The van der Waals surface area contributed by atoms with Crippen LogP contribution in [0.3, 0.4) is 0 Å². The van der Waals surface area contributed by atoms with E-state index in [0.717, 1.165) is 52.2 Å². The van der Waals surface area contributed by atoms with Gasteiger partial charge >= 0.3 is 0 Å². The van der Waals surface area contributed by atoms with Crippen LogP contribution in [0.25, 0.3) is 0 Å². The lowest BCUT2D eigenvalue weighted by molar-refractivity contribution is -0.136. The van der Waals surface area contributed by atoms with Gasteiger partial charge in [0.1, 0.15) is 0 Å². The summed E-state index contributed by atoms with van der Waals surface area (Å²) in [7, 11) is 1.91. The molecular formula is C18H34N4O2. The summed E-state index contributed by atoms with van der Waals surface area (Å²) in [6.45, 7) is 10.7. The summed E-state index contributed by atoms with van der Waals surface area (Å²) in [5.41, 5.74) is 0. The third-order valence-electron chi connectivity index (χ3n) is 5.12. The molecule has 2 amide bonds. The quantitative estimate of drug-likeness (QED) is 0.722. The number of carbonyl (C=O) groups is 2. The van der Waals surface area contributed by atoms with Crippen LogP contribution in [0.1, 0.15) is 33.1 Å². The van der Waals surface area contributed by atoms with Crippen molar-refractivity contribution in [3.63, 3.8) is 0 Å². The van der Waals surface area contributed by atoms with Gasteiger partial charge in [-0.3, -0.25) is 14.5 Å². The Morgan fingerprint density at radius 3 is 2.17 bits per heavy atom. The zero-order valence-corrected chi connectivity index (χ0v) is 15.6. The second-order valence-corrected chi connectivity index (χ2v) is 7.61. The van der Waals surface area contributed by atoms with E-state index in [-0.39, 0.29) is 11.8 Å². The minimum absolute atomic E-state index is 0.245. The van der Waals surface area contributed by atoms with Crippen LogP contribution in [-0.4, -0.2) is 85.9 Å². The Balaban J connectivity index is 1.70. The maximum Gasteiger partial charge on any atom is 0.236 e. The highest BCUT2D eigenvalue weighted by Crippen LogP contribution is 2.21. The van der Waals surface area contributed by atoms with Crippen LogP contribution in [0.2, 0.25) is 0 Å². The van der Waals surface area contributed by atoms with Crippen LogP contribution in [0.4, 0.5) is 0 Å². The minimum atomic E-state index is 0.245. The lowest BCUT2D eigenvalue weighted by Gasteiger charge is -2.38. The van der Waals surface area contributed by atoms with Gasteiger partial charge in [-0.15, -0.1) is 0 Å². The van der Waals surface area contributed by atoms with E-state index in [0.29, 0.717) is 24.8 Å². The Morgan fingerprint density at radius 1 is 0.958 bits per heavy atom. The normalized spacial score (nSPS) is 25.8. The molecule has 0 aromatic rings. The van der Waals surface area contributed by atoms with E-state index in [1.54, 1.807) is 0 Å². The van der Waals surface area contributed by atoms with Crippen molar-refractivity contribution in [2.24, 2.45) is 11.8 Å². The van der Waals surface area contributed by atoms with Gasteiger partial charge in [-0.1, -0.05) is 13.8 Å². The van der Waals surface area contributed by atoms with Crippen molar-refractivity contribution in [3.05, 3.63) is 0 Å². The predicted molar refractivity (Wildman–Crippen MR) is 95.7 cm³/mol. The molecule has 2 heterocycles. The number of carbonyl (C=O) groups excluding carboxylic acids is 2. The predicted octanol–water partition coefficient (Wildman–Crippen LogP) is 0.635. The fourth-order valence-corrected chi connectivity index (χ4v) is 3.89. The van der Waals surface area contributed by atoms with Gasteiger partial charge in [-0.25, -0.2) is 0 Å². The van der Waals surface area contributed by atoms with E-state index in [1.807, 2.05) is 16.8 Å². The summed E-state index contributed by atoms with van der Waals surface area (Å²) < 4.78 is 0. The molecule has 0 aromatic carbocycles. The van der Waals surface area contributed by atoms with Gasteiger partial charge in [0.2, 0.25) is 11.8 Å². The Kier molecular flexibility index (Phi) is 7.49. The molecule has 138 valence electrons. The largest absolute Gasteiger partial charge is 0.341 e. The fourth-order valence-electron chi connectivity index (χ4n) is 3.89. The lowest BCUT2D eigenvalue weighted by atomic mass is 9.92. The Hall–Kier alpha value is -1.14. The first-order valence-electron chi connectivity index (χ1n) is 9.42. The SMILES string of the molecule is CNCCCC(=O)N1CCN(CC(=O)N2CC(C)CC(C)C2)CC1. The third-order valence-corrected chi connectivity index (χ3v) is 5.12. The molecule has 2 saturated heterocycles. The molecule has 2 aliphatic heterocycles. The van der Waals surface area contributed by atoms with Gasteiger partial charge in [-0.05, 0) is 38.3 Å². The summed E-state index contributed by atoms with van der Waals surface area (Å²) in [5.74, 6) is 1.70. The molecule has 2 aliphatic rings. The average Bonchev–Trinajstić information content (AvgIpc) is 2.54. The Labute approximate surface area is 146 Å². The first kappa shape index (κ1) is 19.2. The van der Waals surface area contributed by atoms with Crippen LogP contribution >= 0.6 is 0 Å². The highest BCUT2D eigenvalue weighted by Gasteiger charge is 2.28. The molecule has 1 N–H and O–H groups in total. The summed E-state index contributed by atoms with van der Waals surface area (Å²) in [4.78, 5) is 30.8. The zero-order valence-electron chi connectivity index (χ0n) is 15.6. The minimum Gasteiger partial charge on any atom is -0.341 e. The van der Waals surface area contributed by atoms with Gasteiger partial charge in [0.25, 0.3) is 0 Å². The van der Waals surface area contributed by atoms with E-state index in [2.05, 4.69) is 24.1 Å². The van der Waals surface area contributed by atoms with Crippen LogP contribution in [-0.2, 0) is 9.59 Å². The van der Waals surface area contributed by atoms with Gasteiger partial charge in [0, 0.05) is 45.7 Å². The molecule has 2 atom stereocenters. The highest BCUT2D eigenvalue weighted by atomic mass is 16.2. The summed E-state index contributed by atoms with van der Waals surface area (Å²) in [6, 6.07) is 0. The number of nitrogens with zero attached hydrogens (tertiary/aromatic N) is 3. The first-order valence-corrected chi connectivity index (χ1v) is 9.42. The molecule has 2 unspecified atom stereocenters. The topological polar surface area (TPSA) is 55.9 Å². The molecule has 0 radical (unpaired) electrons. The van der Waals surface area contributed by atoms with Crippen molar-refractivity contribution in [1.29, 1.82) is 0 Å². The smallest absolute Gasteiger partial charge is 0.236 e. The number of rotatable bonds is 6. The second kappa shape index (κ2) is 9.37. The molecule has 2 fully saturated rings. The molecule has 2 rings (SSSR count). The van der Waals surface area contributed by atoms with Crippen molar-refractivity contribution in [2.75, 3.05) is 59.4 Å². The van der Waals surface area contributed by atoms with Gasteiger partial charge in [0.05, 0.1) is 6.54 Å². The molecule has 0 bridgehead atoms. The molecule has 6 nitrogen and oxygen atoms in total. The second-order valence-electron chi connectivity index (χ2n) is 7.61. The molecule has 0 spiro atoms. The molecular weight excluding hydrogens is 304 g/mol. The number of likely N-dealkylation sites (tertiary alicyclic amines) is 1. The first-order chi connectivity index (χ1) is 11.5. The standard InChI is InChI=1S/C18H34N4O2/c1-15-11-16(2)13-22(12-15)18(24)14-20-7-9-21(10-8-20)17(23)5-4-6-19-3/h15-16,19H,4-14H2,1-3H3. The van der Waals surface area contributed by atoms with E-state index < -0.39 is 0 Å². The van der Waals surface area contributed by atoms with Crippen LogP contribution in [0.5, 0.6) is 0 Å². The Bertz CT molecular complexity index is 411. The molecule has 0 aromatic heterocycles. The van der Waals surface area contributed by atoms with Crippen LogP contribution < -0.4 is 5.32 Å². The molecule has 0 saturated carbocycles. The highest BCUT2D eigenvalue weighted by molar-refractivity contribution is 5.78. The number of hydrogen-bond donors (Lipinski definition) is 1. The number of piperidine rings is 1. The van der Waals surface area contributed by atoms with E-state index in [1.165, 1.54) is 6.42 Å². The van der Waals surface area contributed by atoms with Gasteiger partial charge in [-0.2, -0.15) is 0 Å². The maximum absolute atomic E-state index is 12.5. The summed E-state index contributed by atoms with van der Waals surface area (Å²) in [5, 5.41) is 3.07. The van der Waals surface area contributed by atoms with Crippen molar-refractivity contribution in [2.45, 2.75) is 33.1 Å². The number of nitrogens with one attached hydrogen (secondary N) is 1. The molecule has 24 heavy (non-hydrogen) atoms. The van der Waals surface area contributed by atoms with Crippen molar-refractivity contribution in [1.82, 2.24) is 20.0 Å². The van der Waals surface area contributed by atoms with Crippen molar-refractivity contribution < 1.29 is 9.59 Å². The van der Waals surface area contributed by atoms with E-state index in [9.17, 15) is 9.59 Å². The molecule has 6 heteroatoms. The van der Waals surface area contributed by atoms with Gasteiger partial charge < -0.3 is 15.1 Å². The Morgan fingerprint density at radius 2 is 1.58 bits per heavy atom. The number of piperazine rings is 1. The van der Waals surface area contributed by atoms with E-state index >= 15 is 0 Å². The number of amides is 2.